The lowest BCUT2D eigenvalue weighted by atomic mass is 9.95. The van der Waals surface area contributed by atoms with Gasteiger partial charge in [-0.2, -0.15) is 5.26 Å². The van der Waals surface area contributed by atoms with Gasteiger partial charge in [0.15, 0.2) is 0 Å². The van der Waals surface area contributed by atoms with Crippen molar-refractivity contribution in [1.82, 2.24) is 5.32 Å². The van der Waals surface area contributed by atoms with Crippen LogP contribution in [-0.4, -0.2) is 12.1 Å². The molecule has 1 unspecified atom stereocenters. The molecule has 0 aliphatic rings. The maximum absolute atomic E-state index is 9.11. The van der Waals surface area contributed by atoms with E-state index in [9.17, 15) is 0 Å². The molecule has 0 amide bonds. The number of hydrogen-bond donors (Lipinski definition) is 1. The number of rotatable bonds is 5. The van der Waals surface area contributed by atoms with Gasteiger partial charge in [0.1, 0.15) is 5.54 Å². The van der Waals surface area contributed by atoms with Crippen LogP contribution in [0.25, 0.3) is 0 Å². The highest BCUT2D eigenvalue weighted by Gasteiger charge is 2.21. The van der Waals surface area contributed by atoms with Gasteiger partial charge in [0.25, 0.3) is 0 Å². The van der Waals surface area contributed by atoms with Gasteiger partial charge in [-0.1, -0.05) is 36.3 Å². The standard InChI is InChI=1S/C14H16N2/c1-3-11-16-14(2,12-15)10-9-13-7-5-4-6-8-13/h1,4-8,16H,9-11H2,2H3. The smallest absolute Gasteiger partial charge is 0.104 e. The largest absolute Gasteiger partial charge is 0.289 e. The van der Waals surface area contributed by atoms with Crippen LogP contribution in [0.4, 0.5) is 0 Å². The molecule has 0 aromatic heterocycles. The molecule has 1 aromatic carbocycles. The van der Waals surface area contributed by atoms with E-state index in [1.807, 2.05) is 25.1 Å². The zero-order chi connectivity index (χ0) is 11.9. The van der Waals surface area contributed by atoms with E-state index >= 15 is 0 Å². The molecule has 0 saturated heterocycles. The molecule has 0 aliphatic heterocycles. The van der Waals surface area contributed by atoms with Crippen LogP contribution < -0.4 is 5.32 Å². The van der Waals surface area contributed by atoms with Crippen molar-refractivity contribution in [2.45, 2.75) is 25.3 Å². The van der Waals surface area contributed by atoms with Crippen LogP contribution in [0.2, 0.25) is 0 Å². The van der Waals surface area contributed by atoms with Crippen molar-refractivity contribution in [2.24, 2.45) is 0 Å². The minimum Gasteiger partial charge on any atom is -0.289 e. The first-order valence-corrected chi connectivity index (χ1v) is 5.34. The molecule has 0 heterocycles. The minimum atomic E-state index is -0.539. The first-order valence-electron chi connectivity index (χ1n) is 5.34. The molecule has 82 valence electrons. The molecule has 0 radical (unpaired) electrons. The summed E-state index contributed by atoms with van der Waals surface area (Å²) in [6.45, 7) is 2.31. The zero-order valence-electron chi connectivity index (χ0n) is 9.53. The van der Waals surface area contributed by atoms with Crippen molar-refractivity contribution in [3.8, 4) is 18.4 Å². The normalized spacial score (nSPS) is 13.4. The van der Waals surface area contributed by atoms with E-state index in [-0.39, 0.29) is 0 Å². The summed E-state index contributed by atoms with van der Waals surface area (Å²) in [7, 11) is 0. The van der Waals surface area contributed by atoms with Crippen LogP contribution >= 0.6 is 0 Å². The molecule has 0 saturated carbocycles. The van der Waals surface area contributed by atoms with E-state index < -0.39 is 5.54 Å². The second-order valence-electron chi connectivity index (χ2n) is 3.99. The monoisotopic (exact) mass is 212 g/mol. The van der Waals surface area contributed by atoms with Crippen LogP contribution in [0.1, 0.15) is 18.9 Å². The molecule has 1 N–H and O–H groups in total. The Morgan fingerprint density at radius 3 is 2.62 bits per heavy atom. The highest BCUT2D eigenvalue weighted by atomic mass is 14.9. The van der Waals surface area contributed by atoms with Gasteiger partial charge in [-0.15, -0.1) is 6.42 Å². The van der Waals surface area contributed by atoms with Crippen LogP contribution in [0, 0.1) is 23.7 Å². The fraction of sp³-hybridized carbons (Fsp3) is 0.357. The number of benzene rings is 1. The van der Waals surface area contributed by atoms with Gasteiger partial charge >= 0.3 is 0 Å². The maximum atomic E-state index is 9.11. The number of aryl methyl sites for hydroxylation is 1. The summed E-state index contributed by atoms with van der Waals surface area (Å²) >= 11 is 0. The SMILES string of the molecule is C#CCNC(C)(C#N)CCc1ccccc1. The van der Waals surface area contributed by atoms with E-state index in [1.54, 1.807) is 0 Å². The van der Waals surface area contributed by atoms with Gasteiger partial charge in [0, 0.05) is 0 Å². The Morgan fingerprint density at radius 2 is 2.06 bits per heavy atom. The Kier molecular flexibility index (Phi) is 4.58. The van der Waals surface area contributed by atoms with Crippen molar-refractivity contribution in [1.29, 1.82) is 5.26 Å². The quantitative estimate of drug-likeness (QED) is 0.759. The van der Waals surface area contributed by atoms with Gasteiger partial charge in [0.2, 0.25) is 0 Å². The second kappa shape index (κ2) is 5.95. The maximum Gasteiger partial charge on any atom is 0.104 e. The predicted molar refractivity (Wildman–Crippen MR) is 65.6 cm³/mol. The average Bonchev–Trinajstić information content (AvgIpc) is 2.35. The molecule has 0 fully saturated rings. The molecule has 2 nitrogen and oxygen atoms in total. The third-order valence-electron chi connectivity index (χ3n) is 2.58. The fourth-order valence-electron chi connectivity index (χ4n) is 1.47. The lowest BCUT2D eigenvalue weighted by Gasteiger charge is -2.21. The molecule has 0 bridgehead atoms. The van der Waals surface area contributed by atoms with E-state index in [1.165, 1.54) is 5.56 Å². The molecule has 0 aliphatic carbocycles. The third kappa shape index (κ3) is 3.77. The number of terminal acetylenes is 1. The molecule has 0 spiro atoms. The predicted octanol–water partition coefficient (Wildman–Crippen LogP) is 2.12. The fourth-order valence-corrected chi connectivity index (χ4v) is 1.47. The van der Waals surface area contributed by atoms with Gasteiger partial charge in [-0.05, 0) is 25.3 Å². The lowest BCUT2D eigenvalue weighted by molar-refractivity contribution is 0.441. The lowest BCUT2D eigenvalue weighted by Crippen LogP contribution is -2.41. The average molecular weight is 212 g/mol. The van der Waals surface area contributed by atoms with Crippen molar-refractivity contribution in [3.05, 3.63) is 35.9 Å². The van der Waals surface area contributed by atoms with E-state index in [4.69, 9.17) is 11.7 Å². The van der Waals surface area contributed by atoms with Crippen LogP contribution in [-0.2, 0) is 6.42 Å². The van der Waals surface area contributed by atoms with E-state index in [0.717, 1.165) is 12.8 Å². The first-order chi connectivity index (χ1) is 7.70. The summed E-state index contributed by atoms with van der Waals surface area (Å²) < 4.78 is 0. The molecule has 16 heavy (non-hydrogen) atoms. The van der Waals surface area contributed by atoms with E-state index in [2.05, 4.69) is 29.4 Å². The summed E-state index contributed by atoms with van der Waals surface area (Å²) in [5.41, 5.74) is 0.703. The summed E-state index contributed by atoms with van der Waals surface area (Å²) in [5, 5.41) is 12.2. The Balaban J connectivity index is 2.53. The highest BCUT2D eigenvalue weighted by Crippen LogP contribution is 2.13. The van der Waals surface area contributed by atoms with Crippen molar-refractivity contribution in [3.63, 3.8) is 0 Å². The molecular formula is C14H16N2. The third-order valence-corrected chi connectivity index (χ3v) is 2.58. The molecule has 1 aromatic rings. The Labute approximate surface area is 97.3 Å². The number of nitrogens with zero attached hydrogens (tertiary/aromatic N) is 1. The summed E-state index contributed by atoms with van der Waals surface area (Å²) in [4.78, 5) is 0. The highest BCUT2D eigenvalue weighted by molar-refractivity contribution is 5.17. The first kappa shape index (κ1) is 12.3. The Morgan fingerprint density at radius 1 is 1.38 bits per heavy atom. The molecule has 1 atom stereocenters. The minimum absolute atomic E-state index is 0.429. The van der Waals surface area contributed by atoms with Gasteiger partial charge in [-0.3, -0.25) is 5.32 Å². The Bertz CT molecular complexity index is 397. The molecule has 1 rings (SSSR count). The number of nitriles is 1. The second-order valence-corrected chi connectivity index (χ2v) is 3.99. The summed E-state index contributed by atoms with van der Waals surface area (Å²) in [6.07, 6.45) is 6.81. The molecule has 2 heteroatoms. The number of hydrogen-bond acceptors (Lipinski definition) is 2. The van der Waals surface area contributed by atoms with Crippen molar-refractivity contribution in [2.75, 3.05) is 6.54 Å². The van der Waals surface area contributed by atoms with Crippen molar-refractivity contribution >= 4 is 0 Å². The topological polar surface area (TPSA) is 35.8 Å². The van der Waals surface area contributed by atoms with Crippen LogP contribution in [0.3, 0.4) is 0 Å². The van der Waals surface area contributed by atoms with Crippen LogP contribution in [0.15, 0.2) is 30.3 Å². The van der Waals surface area contributed by atoms with Crippen LogP contribution in [0.5, 0.6) is 0 Å². The van der Waals surface area contributed by atoms with E-state index in [0.29, 0.717) is 6.54 Å². The number of nitrogens with one attached hydrogen (secondary N) is 1. The zero-order valence-corrected chi connectivity index (χ0v) is 9.53. The van der Waals surface area contributed by atoms with Gasteiger partial charge in [-0.25, -0.2) is 0 Å². The Hall–Kier alpha value is -1.77. The van der Waals surface area contributed by atoms with Gasteiger partial charge < -0.3 is 0 Å². The molecular weight excluding hydrogens is 196 g/mol. The van der Waals surface area contributed by atoms with Crippen molar-refractivity contribution < 1.29 is 0 Å². The summed E-state index contributed by atoms with van der Waals surface area (Å²) in [5.74, 6) is 2.49. The van der Waals surface area contributed by atoms with Gasteiger partial charge in [0.05, 0.1) is 12.6 Å². The summed E-state index contributed by atoms with van der Waals surface area (Å²) in [6, 6.07) is 12.4.